The van der Waals surface area contributed by atoms with Crippen LogP contribution in [-0.4, -0.2) is 6.54 Å². The third kappa shape index (κ3) is 1.51. The van der Waals surface area contributed by atoms with Gasteiger partial charge >= 0.3 is 0 Å². The first-order valence-corrected chi connectivity index (χ1v) is 5.00. The van der Waals surface area contributed by atoms with Gasteiger partial charge in [0, 0.05) is 0 Å². The largest absolute Gasteiger partial charge is 0.330 e. The number of hydrogen-bond donors (Lipinski definition) is 1. The van der Waals surface area contributed by atoms with E-state index in [9.17, 15) is 0 Å². The van der Waals surface area contributed by atoms with Gasteiger partial charge in [-0.3, -0.25) is 0 Å². The fourth-order valence-electron chi connectivity index (χ4n) is 1.98. The predicted octanol–water partition coefficient (Wildman–Crippen LogP) is 2.65. The molecule has 0 bridgehead atoms. The maximum Gasteiger partial charge on any atom is -0.00365 e. The van der Waals surface area contributed by atoms with E-state index in [-0.39, 0.29) is 0 Å². The van der Waals surface area contributed by atoms with Crippen molar-refractivity contribution in [3.63, 3.8) is 0 Å². The summed E-state index contributed by atoms with van der Waals surface area (Å²) in [5.41, 5.74) is 8.31. The van der Waals surface area contributed by atoms with Crippen LogP contribution in [0.5, 0.6) is 0 Å². The molecule has 0 unspecified atom stereocenters. The quantitative estimate of drug-likeness (QED) is 0.764. The van der Waals surface area contributed by atoms with Gasteiger partial charge in [0.1, 0.15) is 0 Å². The highest BCUT2D eigenvalue weighted by atomic mass is 14.5. The predicted molar refractivity (Wildman–Crippen MR) is 61.4 cm³/mol. The maximum absolute atomic E-state index is 5.60. The Morgan fingerprint density at radius 3 is 2.50 bits per heavy atom. The van der Waals surface area contributed by atoms with Crippen LogP contribution in [0, 0.1) is 6.92 Å². The van der Waals surface area contributed by atoms with Gasteiger partial charge in [-0.2, -0.15) is 0 Å². The molecule has 1 heteroatoms. The second-order valence-electron chi connectivity index (χ2n) is 3.63. The van der Waals surface area contributed by atoms with Gasteiger partial charge in [-0.1, -0.05) is 36.4 Å². The van der Waals surface area contributed by atoms with E-state index in [1.54, 1.807) is 0 Å². The molecule has 0 aromatic heterocycles. The highest BCUT2D eigenvalue weighted by Crippen LogP contribution is 2.22. The van der Waals surface area contributed by atoms with E-state index in [1.807, 2.05) is 0 Å². The molecule has 0 atom stereocenters. The number of rotatable bonds is 2. The van der Waals surface area contributed by atoms with E-state index >= 15 is 0 Å². The summed E-state index contributed by atoms with van der Waals surface area (Å²) in [5.74, 6) is 0. The Morgan fingerprint density at radius 2 is 1.79 bits per heavy atom. The second kappa shape index (κ2) is 3.81. The van der Waals surface area contributed by atoms with E-state index in [2.05, 4.69) is 43.3 Å². The third-order valence-corrected chi connectivity index (χ3v) is 2.61. The molecule has 0 aliphatic heterocycles. The Balaban J connectivity index is 2.71. The minimum Gasteiger partial charge on any atom is -0.330 e. The van der Waals surface area contributed by atoms with Crippen molar-refractivity contribution in [1.29, 1.82) is 0 Å². The molecule has 2 rings (SSSR count). The van der Waals surface area contributed by atoms with Crippen LogP contribution >= 0.6 is 0 Å². The zero-order valence-electron chi connectivity index (χ0n) is 8.46. The summed E-state index contributed by atoms with van der Waals surface area (Å²) >= 11 is 0. The molecule has 2 N–H and O–H groups in total. The van der Waals surface area contributed by atoms with Gasteiger partial charge in [-0.15, -0.1) is 0 Å². The van der Waals surface area contributed by atoms with E-state index in [0.29, 0.717) is 6.54 Å². The van der Waals surface area contributed by atoms with Crippen molar-refractivity contribution in [2.75, 3.05) is 6.54 Å². The van der Waals surface area contributed by atoms with Crippen molar-refractivity contribution >= 4 is 10.8 Å². The Labute approximate surface area is 84.5 Å². The van der Waals surface area contributed by atoms with Crippen LogP contribution in [0.2, 0.25) is 0 Å². The number of nitrogens with two attached hydrogens (primary N) is 1. The third-order valence-electron chi connectivity index (χ3n) is 2.61. The first-order valence-electron chi connectivity index (χ1n) is 5.00. The van der Waals surface area contributed by atoms with Crippen LogP contribution in [0.15, 0.2) is 36.4 Å². The lowest BCUT2D eigenvalue weighted by Crippen LogP contribution is -2.03. The normalized spacial score (nSPS) is 10.7. The van der Waals surface area contributed by atoms with E-state index in [0.717, 1.165) is 6.42 Å². The molecule has 0 fully saturated rings. The molecule has 14 heavy (non-hydrogen) atoms. The minimum atomic E-state index is 0.716. The van der Waals surface area contributed by atoms with Crippen molar-refractivity contribution in [3.05, 3.63) is 47.5 Å². The van der Waals surface area contributed by atoms with Crippen molar-refractivity contribution in [3.8, 4) is 0 Å². The highest BCUT2D eigenvalue weighted by Gasteiger charge is 2.01. The Kier molecular flexibility index (Phi) is 2.51. The van der Waals surface area contributed by atoms with Gasteiger partial charge < -0.3 is 5.73 Å². The summed E-state index contributed by atoms with van der Waals surface area (Å²) in [4.78, 5) is 0. The van der Waals surface area contributed by atoms with Gasteiger partial charge in [0.2, 0.25) is 0 Å². The Hall–Kier alpha value is -1.34. The molecule has 0 heterocycles. The van der Waals surface area contributed by atoms with Crippen LogP contribution < -0.4 is 5.73 Å². The lowest BCUT2D eigenvalue weighted by Gasteiger charge is -2.07. The molecular formula is C13H15N. The molecule has 2 aromatic carbocycles. The molecule has 0 radical (unpaired) electrons. The first-order chi connectivity index (χ1) is 6.83. The number of hydrogen-bond acceptors (Lipinski definition) is 1. The summed E-state index contributed by atoms with van der Waals surface area (Å²) in [6.07, 6.45) is 0.961. The van der Waals surface area contributed by atoms with Gasteiger partial charge in [0.25, 0.3) is 0 Å². The minimum absolute atomic E-state index is 0.716. The summed E-state index contributed by atoms with van der Waals surface area (Å²) in [6.45, 7) is 2.87. The molecule has 2 aromatic rings. The summed E-state index contributed by atoms with van der Waals surface area (Å²) in [5, 5.41) is 2.69. The number of benzene rings is 2. The van der Waals surface area contributed by atoms with Crippen LogP contribution in [0.3, 0.4) is 0 Å². The monoisotopic (exact) mass is 185 g/mol. The number of fused-ring (bicyclic) bond motifs is 1. The average molecular weight is 185 g/mol. The van der Waals surface area contributed by atoms with Gasteiger partial charge in [0.15, 0.2) is 0 Å². The van der Waals surface area contributed by atoms with Gasteiger partial charge in [-0.05, 0) is 41.8 Å². The zero-order chi connectivity index (χ0) is 9.97. The topological polar surface area (TPSA) is 26.0 Å². The highest BCUT2D eigenvalue weighted by molar-refractivity contribution is 5.88. The van der Waals surface area contributed by atoms with Gasteiger partial charge in [-0.25, -0.2) is 0 Å². The molecule has 0 aliphatic carbocycles. The van der Waals surface area contributed by atoms with Gasteiger partial charge in [0.05, 0.1) is 0 Å². The van der Waals surface area contributed by atoms with Crippen molar-refractivity contribution < 1.29 is 0 Å². The van der Waals surface area contributed by atoms with Crippen molar-refractivity contribution in [2.24, 2.45) is 5.73 Å². The Bertz CT molecular complexity index is 441. The smallest absolute Gasteiger partial charge is 0.00365 e. The van der Waals surface area contributed by atoms with Crippen LogP contribution in [-0.2, 0) is 6.42 Å². The lowest BCUT2D eigenvalue weighted by molar-refractivity contribution is 0.976. The fourth-order valence-corrected chi connectivity index (χ4v) is 1.98. The molecule has 0 spiro atoms. The van der Waals surface area contributed by atoms with Crippen LogP contribution in [0.25, 0.3) is 10.8 Å². The molecule has 0 saturated carbocycles. The molecule has 0 amide bonds. The molecular weight excluding hydrogens is 170 g/mol. The van der Waals surface area contributed by atoms with E-state index in [1.165, 1.54) is 21.9 Å². The summed E-state index contributed by atoms with van der Waals surface area (Å²) in [7, 11) is 0. The standard InChI is InChI=1S/C13H15N/c1-10-4-2-5-11-6-3-7-12(8-9-14)13(10)11/h2-7H,8-9,14H2,1H3. The first kappa shape index (κ1) is 9.22. The SMILES string of the molecule is Cc1cccc2cccc(CCN)c12. The van der Waals surface area contributed by atoms with Crippen molar-refractivity contribution in [2.45, 2.75) is 13.3 Å². The van der Waals surface area contributed by atoms with Crippen molar-refractivity contribution in [1.82, 2.24) is 0 Å². The average Bonchev–Trinajstić information content (AvgIpc) is 2.19. The number of aryl methyl sites for hydroxylation is 1. The zero-order valence-corrected chi connectivity index (χ0v) is 8.46. The van der Waals surface area contributed by atoms with E-state index in [4.69, 9.17) is 5.73 Å². The summed E-state index contributed by atoms with van der Waals surface area (Å²) in [6, 6.07) is 12.8. The molecule has 0 aliphatic rings. The molecule has 72 valence electrons. The van der Waals surface area contributed by atoms with Crippen LogP contribution in [0.1, 0.15) is 11.1 Å². The van der Waals surface area contributed by atoms with Crippen LogP contribution in [0.4, 0.5) is 0 Å². The lowest BCUT2D eigenvalue weighted by atomic mass is 9.98. The molecule has 1 nitrogen and oxygen atoms in total. The fraction of sp³-hybridized carbons (Fsp3) is 0.231. The molecule has 0 saturated heterocycles. The maximum atomic E-state index is 5.60. The van der Waals surface area contributed by atoms with E-state index < -0.39 is 0 Å². The Morgan fingerprint density at radius 1 is 1.07 bits per heavy atom. The summed E-state index contributed by atoms with van der Waals surface area (Å²) < 4.78 is 0. The second-order valence-corrected chi connectivity index (χ2v) is 3.63.